The Morgan fingerprint density at radius 3 is 0.923 bits per heavy atom. The van der Waals surface area contributed by atoms with Crippen molar-refractivity contribution in [3.8, 4) is 11.5 Å². The van der Waals surface area contributed by atoms with Crippen LogP contribution in [0.15, 0.2) is 24.3 Å². The molecule has 26 heavy (non-hydrogen) atoms. The third kappa shape index (κ3) is 24.5. The van der Waals surface area contributed by atoms with Crippen LogP contribution in [-0.2, 0) is 20.2 Å². The zero-order valence-electron chi connectivity index (χ0n) is 12.2. The number of hydrogen-bond donors (Lipinski definition) is 4. The number of phenolic OH excluding ortho intramolecular Hbond substituents is 2. The molecule has 16 heteroatoms. The highest BCUT2D eigenvalue weighted by molar-refractivity contribution is 7.86. The van der Waals surface area contributed by atoms with Crippen LogP contribution in [0.3, 0.4) is 0 Å². The molecule has 0 spiro atoms. The zero-order chi connectivity index (χ0) is 21.4. The molecule has 0 atom stereocenters. The van der Waals surface area contributed by atoms with Gasteiger partial charge < -0.3 is 10.2 Å². The lowest BCUT2D eigenvalue weighted by molar-refractivity contribution is -0.108. The normalized spacial score (nSPS) is 12.3. The van der Waals surface area contributed by atoms with Gasteiger partial charge in [-0.25, -0.2) is 0 Å². The highest BCUT2D eigenvalue weighted by Crippen LogP contribution is 2.16. The fourth-order valence-electron chi connectivity index (χ4n) is 0.866. The van der Waals surface area contributed by atoms with Crippen molar-refractivity contribution in [1.29, 1.82) is 0 Å². The van der Waals surface area contributed by atoms with Crippen molar-refractivity contribution >= 4 is 20.2 Å². The third-order valence-corrected chi connectivity index (χ3v) is 2.93. The minimum Gasteiger partial charge on any atom is -0.508 e. The molecule has 0 aromatic heterocycles. The van der Waals surface area contributed by atoms with Crippen LogP contribution in [0.25, 0.3) is 0 Å². The maximum absolute atomic E-state index is 11.0. The number of rotatable bonds is 2. The molecule has 154 valence electrons. The van der Waals surface area contributed by atoms with E-state index >= 15 is 0 Å². The van der Waals surface area contributed by atoms with Gasteiger partial charge in [-0.15, -0.1) is 0 Å². The van der Waals surface area contributed by atoms with Crippen molar-refractivity contribution < 1.29 is 62.5 Å². The van der Waals surface area contributed by atoms with Gasteiger partial charge in [0.15, 0.2) is 11.5 Å². The largest absolute Gasteiger partial charge is 0.508 e. The van der Waals surface area contributed by atoms with Gasteiger partial charge in [0.25, 0.3) is 20.2 Å². The Bertz CT molecular complexity index is 672. The molecule has 0 saturated heterocycles. The Balaban J connectivity index is 0. The van der Waals surface area contributed by atoms with E-state index < -0.39 is 44.1 Å². The summed E-state index contributed by atoms with van der Waals surface area (Å²) in [5.41, 5.74) is 0. The molecule has 0 fully saturated rings. The van der Waals surface area contributed by atoms with Crippen molar-refractivity contribution in [2.24, 2.45) is 0 Å². The molecule has 0 unspecified atom stereocenters. The summed E-state index contributed by atoms with van der Waals surface area (Å²) in [6, 6.07) is 5.70. The van der Waals surface area contributed by atoms with Crippen LogP contribution < -0.4 is 0 Å². The van der Waals surface area contributed by atoms with Gasteiger partial charge in [0.05, 0.1) is 0 Å². The quantitative estimate of drug-likeness (QED) is 0.311. The Morgan fingerprint density at radius 2 is 0.846 bits per heavy atom. The lowest BCUT2D eigenvalue weighted by atomic mass is 10.3. The number of hydrogen-bond acceptors (Lipinski definition) is 6. The van der Waals surface area contributed by atoms with Crippen LogP contribution in [0.5, 0.6) is 11.5 Å². The lowest BCUT2D eigenvalue weighted by Crippen LogP contribution is -2.21. The molecule has 0 amide bonds. The summed E-state index contributed by atoms with van der Waals surface area (Å²) in [5, 5.41) is 17.3. The molecule has 0 heterocycles. The molecule has 1 rings (SSSR count). The van der Waals surface area contributed by atoms with Crippen LogP contribution >= 0.6 is 0 Å². The van der Waals surface area contributed by atoms with E-state index in [1.54, 1.807) is 0 Å². The van der Waals surface area contributed by atoms with Crippen LogP contribution in [-0.4, -0.2) is 60.0 Å². The molecule has 1 aromatic carbocycles. The number of phenols is 2. The maximum Gasteiger partial charge on any atom is 0.405 e. The van der Waals surface area contributed by atoms with E-state index in [-0.39, 0.29) is 11.5 Å². The van der Waals surface area contributed by atoms with E-state index in [2.05, 4.69) is 0 Å². The molecule has 0 saturated carbocycles. The Hall–Kier alpha value is -1.78. The van der Waals surface area contributed by atoms with Gasteiger partial charge >= 0.3 is 12.4 Å². The van der Waals surface area contributed by atoms with E-state index in [1.165, 1.54) is 24.3 Å². The smallest absolute Gasteiger partial charge is 0.405 e. The van der Waals surface area contributed by atoms with Gasteiger partial charge in [-0.2, -0.15) is 43.2 Å². The molecule has 0 aliphatic rings. The minimum atomic E-state index is -4.91. The van der Waals surface area contributed by atoms with E-state index in [4.69, 9.17) is 19.3 Å². The first-order chi connectivity index (χ1) is 11.2. The molecule has 8 nitrogen and oxygen atoms in total. The van der Waals surface area contributed by atoms with Crippen LogP contribution in [0, 0.1) is 0 Å². The summed E-state index contributed by atoms with van der Waals surface area (Å²) in [6.07, 6.45) is -9.71. The Kier molecular flexibility index (Phi) is 9.96. The standard InChI is InChI=1S/C6H6O2.2C2H3F3O3S/c7-5-1-2-6(8)4-3-5;2*3-2(4,5)1-9(6,7)8/h1-4,7-8H;2*1H2,(H,6,7,8). The van der Waals surface area contributed by atoms with Crippen LogP contribution in [0.1, 0.15) is 0 Å². The topological polar surface area (TPSA) is 149 Å². The van der Waals surface area contributed by atoms with E-state index in [9.17, 15) is 43.2 Å². The molecule has 1 aromatic rings. The average Bonchev–Trinajstić information content (AvgIpc) is 2.24. The first kappa shape index (κ1) is 26.4. The molecule has 0 aliphatic heterocycles. The molecule has 0 bridgehead atoms. The second-order valence-electron chi connectivity index (χ2n) is 4.20. The van der Waals surface area contributed by atoms with Gasteiger partial charge in [-0.05, 0) is 24.3 Å². The van der Waals surface area contributed by atoms with E-state index in [0.717, 1.165) is 0 Å². The molecule has 4 N–H and O–H groups in total. The number of alkyl halides is 6. The number of aromatic hydroxyl groups is 2. The van der Waals surface area contributed by atoms with E-state index in [0.29, 0.717) is 0 Å². The summed E-state index contributed by atoms with van der Waals surface area (Å²) in [7, 11) is -9.81. The first-order valence-corrected chi connectivity index (χ1v) is 8.94. The molecular weight excluding hydrogens is 426 g/mol. The average molecular weight is 438 g/mol. The van der Waals surface area contributed by atoms with Crippen LogP contribution in [0.2, 0.25) is 0 Å². The zero-order valence-corrected chi connectivity index (χ0v) is 13.9. The predicted molar refractivity (Wildman–Crippen MR) is 74.7 cm³/mol. The highest BCUT2D eigenvalue weighted by atomic mass is 32.2. The van der Waals surface area contributed by atoms with Crippen molar-refractivity contribution in [2.75, 3.05) is 11.5 Å². The fraction of sp³-hybridized carbons (Fsp3) is 0.400. The summed E-state index contributed by atoms with van der Waals surface area (Å²) < 4.78 is 119. The maximum atomic E-state index is 11.0. The van der Waals surface area contributed by atoms with Gasteiger partial charge in [-0.3, -0.25) is 9.11 Å². The molecular formula is C10H12F6O8S2. The Morgan fingerprint density at radius 1 is 0.654 bits per heavy atom. The van der Waals surface area contributed by atoms with Crippen molar-refractivity contribution in [1.82, 2.24) is 0 Å². The number of halogens is 6. The van der Waals surface area contributed by atoms with Gasteiger partial charge in [0, 0.05) is 0 Å². The molecule has 0 aliphatic carbocycles. The monoisotopic (exact) mass is 438 g/mol. The van der Waals surface area contributed by atoms with Gasteiger partial charge in [-0.1, -0.05) is 0 Å². The summed E-state index contributed by atoms with van der Waals surface area (Å²) in [5.74, 6) is -4.02. The lowest BCUT2D eigenvalue weighted by Gasteiger charge is -2.00. The fourth-order valence-corrected chi connectivity index (χ4v) is 1.69. The predicted octanol–water partition coefficient (Wildman–Crippen LogP) is 1.97. The minimum absolute atomic E-state index is 0.169. The van der Waals surface area contributed by atoms with Crippen molar-refractivity contribution in [3.05, 3.63) is 24.3 Å². The summed E-state index contributed by atoms with van der Waals surface area (Å²) in [6.45, 7) is 0. The Labute approximate surface area is 143 Å². The third-order valence-electron chi connectivity index (χ3n) is 1.54. The summed E-state index contributed by atoms with van der Waals surface area (Å²) in [4.78, 5) is 0. The molecule has 0 radical (unpaired) electrons. The van der Waals surface area contributed by atoms with Gasteiger partial charge in [0.2, 0.25) is 0 Å². The second-order valence-corrected chi connectivity index (χ2v) is 7.10. The first-order valence-electron chi connectivity index (χ1n) is 5.72. The highest BCUT2D eigenvalue weighted by Gasteiger charge is 2.34. The van der Waals surface area contributed by atoms with Crippen molar-refractivity contribution in [3.63, 3.8) is 0 Å². The second kappa shape index (κ2) is 9.79. The SMILES string of the molecule is O=S(=O)(O)CC(F)(F)F.O=S(=O)(O)CC(F)(F)F.Oc1ccc(O)cc1. The number of benzene rings is 1. The van der Waals surface area contributed by atoms with E-state index in [1.807, 2.05) is 0 Å². The van der Waals surface area contributed by atoms with Gasteiger partial charge in [0.1, 0.15) is 11.5 Å². The van der Waals surface area contributed by atoms with Crippen LogP contribution in [0.4, 0.5) is 26.3 Å². The van der Waals surface area contributed by atoms with Crippen molar-refractivity contribution in [2.45, 2.75) is 12.4 Å². The summed E-state index contributed by atoms with van der Waals surface area (Å²) >= 11 is 0.